The van der Waals surface area contributed by atoms with Crippen LogP contribution in [0.3, 0.4) is 0 Å². The molecule has 0 amide bonds. The number of pyridine rings is 1. The van der Waals surface area contributed by atoms with E-state index in [0.717, 1.165) is 11.5 Å². The molecule has 1 aliphatic carbocycles. The Morgan fingerprint density at radius 3 is 2.94 bits per heavy atom. The van der Waals surface area contributed by atoms with E-state index in [-0.39, 0.29) is 0 Å². The van der Waals surface area contributed by atoms with E-state index in [0.29, 0.717) is 12.0 Å². The molecule has 0 atom stereocenters. The molecule has 3 N–H and O–H groups in total. The van der Waals surface area contributed by atoms with E-state index >= 15 is 0 Å². The second kappa shape index (κ2) is 3.66. The van der Waals surface area contributed by atoms with Crippen LogP contribution in [0.2, 0.25) is 0 Å². The van der Waals surface area contributed by atoms with Crippen molar-refractivity contribution in [2.75, 3.05) is 11.1 Å². The van der Waals surface area contributed by atoms with Crippen LogP contribution in [0.15, 0.2) is 18.2 Å². The normalized spacial score (nSPS) is 17.0. The quantitative estimate of drug-likeness (QED) is 0.802. The molecular formula is C11H15N5. The van der Waals surface area contributed by atoms with Crippen molar-refractivity contribution < 1.29 is 0 Å². The molecule has 2 aromatic rings. The van der Waals surface area contributed by atoms with Crippen molar-refractivity contribution in [3.8, 4) is 0 Å². The van der Waals surface area contributed by atoms with Crippen molar-refractivity contribution in [3.63, 3.8) is 0 Å². The van der Waals surface area contributed by atoms with Gasteiger partial charge in [0.2, 0.25) is 5.95 Å². The first-order valence-corrected chi connectivity index (χ1v) is 5.71. The van der Waals surface area contributed by atoms with Gasteiger partial charge in [-0.1, -0.05) is 18.9 Å². The maximum Gasteiger partial charge on any atom is 0.240 e. The average molecular weight is 217 g/mol. The van der Waals surface area contributed by atoms with E-state index in [4.69, 9.17) is 5.73 Å². The first-order chi connectivity index (χ1) is 7.83. The fraction of sp³-hybridized carbons (Fsp3) is 0.455. The molecule has 0 bridgehead atoms. The van der Waals surface area contributed by atoms with Gasteiger partial charge >= 0.3 is 0 Å². The Morgan fingerprint density at radius 1 is 1.31 bits per heavy atom. The summed E-state index contributed by atoms with van der Waals surface area (Å²) in [5, 5.41) is 7.68. The molecule has 0 aliphatic heterocycles. The highest BCUT2D eigenvalue weighted by Crippen LogP contribution is 2.22. The number of nitrogens with zero attached hydrogens (tertiary/aromatic N) is 3. The number of nitrogens with one attached hydrogen (secondary N) is 1. The molecule has 1 aliphatic rings. The first kappa shape index (κ1) is 9.45. The lowest BCUT2D eigenvalue weighted by molar-refractivity contribution is 0.742. The Bertz CT molecular complexity index is 498. The minimum absolute atomic E-state index is 0.320. The Morgan fingerprint density at radius 2 is 2.12 bits per heavy atom. The zero-order valence-electron chi connectivity index (χ0n) is 9.06. The minimum atomic E-state index is 0.320. The maximum absolute atomic E-state index is 5.60. The molecule has 0 aromatic carbocycles. The van der Waals surface area contributed by atoms with Gasteiger partial charge in [0.15, 0.2) is 5.65 Å². The summed E-state index contributed by atoms with van der Waals surface area (Å²) in [4.78, 5) is 4.14. The molecule has 5 heteroatoms. The van der Waals surface area contributed by atoms with Gasteiger partial charge in [0.05, 0.1) is 0 Å². The van der Waals surface area contributed by atoms with Crippen molar-refractivity contribution in [1.29, 1.82) is 0 Å². The van der Waals surface area contributed by atoms with Gasteiger partial charge in [0, 0.05) is 6.04 Å². The number of hydrogen-bond donors (Lipinski definition) is 2. The molecule has 84 valence electrons. The third-order valence-corrected chi connectivity index (χ3v) is 3.08. The monoisotopic (exact) mass is 217 g/mol. The number of nitrogen functional groups attached to an aromatic ring is 1. The van der Waals surface area contributed by atoms with Crippen molar-refractivity contribution in [2.24, 2.45) is 0 Å². The molecule has 5 nitrogen and oxygen atoms in total. The lowest BCUT2D eigenvalue weighted by Gasteiger charge is -2.13. The second-order valence-electron chi connectivity index (χ2n) is 4.28. The van der Waals surface area contributed by atoms with Crippen molar-refractivity contribution in [3.05, 3.63) is 18.2 Å². The first-order valence-electron chi connectivity index (χ1n) is 5.71. The largest absolute Gasteiger partial charge is 0.367 e. The topological polar surface area (TPSA) is 68.2 Å². The summed E-state index contributed by atoms with van der Waals surface area (Å²) in [7, 11) is 0. The standard InChI is InChI=1S/C11H15N5/c12-11-14-10-7-3-6-9(16(10)15-11)13-8-4-1-2-5-8/h3,6-8,13H,1-2,4-5H2,(H2,12,15). The van der Waals surface area contributed by atoms with Crippen LogP contribution in [0, 0.1) is 0 Å². The summed E-state index contributed by atoms with van der Waals surface area (Å²) in [6.45, 7) is 0. The van der Waals surface area contributed by atoms with Crippen molar-refractivity contribution in [2.45, 2.75) is 31.7 Å². The molecule has 0 radical (unpaired) electrons. The summed E-state index contributed by atoms with van der Waals surface area (Å²) in [6, 6.07) is 6.46. The van der Waals surface area contributed by atoms with Crippen LogP contribution in [0.4, 0.5) is 11.8 Å². The van der Waals surface area contributed by atoms with Gasteiger partial charge in [-0.25, -0.2) is 0 Å². The van der Waals surface area contributed by atoms with Crippen molar-refractivity contribution >= 4 is 17.4 Å². The number of fused-ring (bicyclic) bond motifs is 1. The minimum Gasteiger partial charge on any atom is -0.367 e. The van der Waals surface area contributed by atoms with E-state index in [1.165, 1.54) is 25.7 Å². The van der Waals surface area contributed by atoms with Crippen LogP contribution in [0.5, 0.6) is 0 Å². The van der Waals surface area contributed by atoms with E-state index in [2.05, 4.69) is 15.4 Å². The zero-order chi connectivity index (χ0) is 11.0. The lowest BCUT2D eigenvalue weighted by atomic mass is 10.2. The number of hydrogen-bond acceptors (Lipinski definition) is 4. The highest BCUT2D eigenvalue weighted by molar-refractivity contribution is 5.51. The number of aromatic nitrogens is 3. The third kappa shape index (κ3) is 1.58. The highest BCUT2D eigenvalue weighted by atomic mass is 15.4. The van der Waals surface area contributed by atoms with Gasteiger partial charge in [-0.3, -0.25) is 0 Å². The molecule has 2 aromatic heterocycles. The molecule has 1 fully saturated rings. The Hall–Kier alpha value is -1.78. The smallest absolute Gasteiger partial charge is 0.240 e. The summed E-state index contributed by atoms with van der Waals surface area (Å²) in [5.74, 6) is 1.30. The molecule has 0 saturated heterocycles. The molecule has 2 heterocycles. The van der Waals surface area contributed by atoms with Crippen LogP contribution < -0.4 is 11.1 Å². The zero-order valence-corrected chi connectivity index (χ0v) is 9.06. The fourth-order valence-corrected chi connectivity index (χ4v) is 2.31. The van der Waals surface area contributed by atoms with E-state index in [9.17, 15) is 0 Å². The highest BCUT2D eigenvalue weighted by Gasteiger charge is 2.16. The number of nitrogens with two attached hydrogens (primary N) is 1. The van der Waals surface area contributed by atoms with E-state index in [1.807, 2.05) is 18.2 Å². The summed E-state index contributed by atoms with van der Waals surface area (Å²) >= 11 is 0. The fourth-order valence-electron chi connectivity index (χ4n) is 2.31. The van der Waals surface area contributed by atoms with Crippen LogP contribution in [0.25, 0.3) is 5.65 Å². The van der Waals surface area contributed by atoms with E-state index in [1.54, 1.807) is 4.52 Å². The molecule has 0 spiro atoms. The number of rotatable bonds is 2. The third-order valence-electron chi connectivity index (χ3n) is 3.08. The average Bonchev–Trinajstić information content (AvgIpc) is 2.86. The molecule has 16 heavy (non-hydrogen) atoms. The summed E-state index contributed by atoms with van der Waals surface area (Å²) in [5.41, 5.74) is 6.39. The lowest BCUT2D eigenvalue weighted by Crippen LogP contribution is -2.17. The van der Waals surface area contributed by atoms with Crippen LogP contribution in [-0.2, 0) is 0 Å². The SMILES string of the molecule is Nc1nc2cccc(NC3CCCC3)n2n1. The molecule has 0 unspecified atom stereocenters. The Labute approximate surface area is 93.7 Å². The van der Waals surface area contributed by atoms with Gasteiger partial charge in [0.25, 0.3) is 0 Å². The summed E-state index contributed by atoms with van der Waals surface area (Å²) in [6.07, 6.45) is 5.10. The second-order valence-corrected chi connectivity index (χ2v) is 4.28. The maximum atomic E-state index is 5.60. The molecule has 3 rings (SSSR count). The van der Waals surface area contributed by atoms with Gasteiger partial charge in [-0.15, -0.1) is 5.10 Å². The van der Waals surface area contributed by atoms with Gasteiger partial charge < -0.3 is 11.1 Å². The number of anilines is 2. The van der Waals surface area contributed by atoms with E-state index < -0.39 is 0 Å². The van der Waals surface area contributed by atoms with Crippen LogP contribution >= 0.6 is 0 Å². The predicted molar refractivity (Wildman–Crippen MR) is 63.3 cm³/mol. The summed E-state index contributed by atoms with van der Waals surface area (Å²) < 4.78 is 1.77. The van der Waals surface area contributed by atoms with Gasteiger partial charge in [0.1, 0.15) is 5.82 Å². The van der Waals surface area contributed by atoms with Crippen molar-refractivity contribution in [1.82, 2.24) is 14.6 Å². The van der Waals surface area contributed by atoms with Gasteiger partial charge in [-0.2, -0.15) is 9.50 Å². The Balaban J connectivity index is 1.95. The predicted octanol–water partition coefficient (Wildman–Crippen LogP) is 1.67. The van der Waals surface area contributed by atoms with Crippen LogP contribution in [-0.4, -0.2) is 20.6 Å². The van der Waals surface area contributed by atoms with Crippen LogP contribution in [0.1, 0.15) is 25.7 Å². The van der Waals surface area contributed by atoms with Gasteiger partial charge in [-0.05, 0) is 25.0 Å². The molecule has 1 saturated carbocycles. The molecular weight excluding hydrogens is 202 g/mol. The Kier molecular flexibility index (Phi) is 2.16.